The molecule has 7 atom stereocenters. The fraction of sp³-hybridized carbons (Fsp3) is 0.512. The second kappa shape index (κ2) is 15.4. The van der Waals surface area contributed by atoms with Gasteiger partial charge in [0.1, 0.15) is 17.7 Å². The van der Waals surface area contributed by atoms with Gasteiger partial charge in [-0.05, 0) is 100 Å². The van der Waals surface area contributed by atoms with Crippen molar-refractivity contribution in [2.75, 3.05) is 0 Å². The summed E-state index contributed by atoms with van der Waals surface area (Å²) in [5.74, 6) is -1.61. The Labute approximate surface area is 313 Å². The van der Waals surface area contributed by atoms with Crippen molar-refractivity contribution in [3.8, 4) is 6.07 Å². The van der Waals surface area contributed by atoms with Crippen LogP contribution in [0.1, 0.15) is 88.0 Å². The van der Waals surface area contributed by atoms with E-state index in [4.69, 9.17) is 9.31 Å². The van der Waals surface area contributed by atoms with Crippen LogP contribution in [0.3, 0.4) is 0 Å². The Balaban J connectivity index is 1.20. The highest BCUT2D eigenvalue weighted by Gasteiger charge is 2.68. The fourth-order valence-electron chi connectivity index (χ4n) is 8.47. The minimum absolute atomic E-state index is 0.0564. The van der Waals surface area contributed by atoms with Gasteiger partial charge in [0.15, 0.2) is 0 Å². The van der Waals surface area contributed by atoms with Crippen LogP contribution in [0.5, 0.6) is 0 Å². The third-order valence-electron chi connectivity index (χ3n) is 11.5. The van der Waals surface area contributed by atoms with Crippen molar-refractivity contribution in [2.24, 2.45) is 23.2 Å². The summed E-state index contributed by atoms with van der Waals surface area (Å²) >= 11 is 0. The van der Waals surface area contributed by atoms with Gasteiger partial charge in [-0.15, -0.1) is 0 Å². The fourth-order valence-corrected chi connectivity index (χ4v) is 8.47. The van der Waals surface area contributed by atoms with E-state index in [0.717, 1.165) is 29.5 Å². The summed E-state index contributed by atoms with van der Waals surface area (Å²) in [6, 6.07) is 18.8. The summed E-state index contributed by atoms with van der Waals surface area (Å²) in [6.07, 6.45) is 7.71. The van der Waals surface area contributed by atoms with E-state index in [1.165, 1.54) is 18.6 Å². The summed E-state index contributed by atoms with van der Waals surface area (Å²) in [4.78, 5) is 48.7. The molecule has 7 rings (SSSR count). The van der Waals surface area contributed by atoms with Crippen LogP contribution in [0.25, 0.3) is 0 Å². The van der Waals surface area contributed by atoms with Crippen LogP contribution in [0, 0.1) is 34.5 Å². The monoisotopic (exact) mass is 718 g/mol. The molecule has 0 radical (unpaired) electrons. The number of nitrogens with one attached hydrogen (secondary N) is 3. The molecule has 4 fully saturated rings. The smallest absolute Gasteiger partial charge is 0.404 e. The van der Waals surface area contributed by atoms with Crippen LogP contribution >= 0.6 is 0 Å². The summed E-state index contributed by atoms with van der Waals surface area (Å²) in [6.45, 7) is 12.4. The van der Waals surface area contributed by atoms with Gasteiger partial charge in [-0.25, -0.2) is 4.98 Å². The van der Waals surface area contributed by atoms with Gasteiger partial charge < -0.3 is 25.3 Å². The number of nitrogens with zero attached hydrogens (tertiary/aromatic N) is 3. The average Bonchev–Trinajstić information content (AvgIpc) is 3.49. The highest BCUT2D eigenvalue weighted by Crippen LogP contribution is 2.65. The van der Waals surface area contributed by atoms with Crippen LogP contribution < -0.4 is 16.0 Å². The second-order valence-corrected chi connectivity index (χ2v) is 16.7. The molecule has 1 unspecified atom stereocenters. The minimum atomic E-state index is -0.929. The Morgan fingerprint density at radius 1 is 0.962 bits per heavy atom. The van der Waals surface area contributed by atoms with E-state index in [-0.39, 0.29) is 41.9 Å². The first-order valence-electron chi connectivity index (χ1n) is 18.7. The Bertz CT molecular complexity index is 1830. The molecular weight excluding hydrogens is 667 g/mol. The lowest BCUT2D eigenvalue weighted by atomic mass is 9.43. The largest absolute Gasteiger partial charge is 0.482 e. The molecule has 4 aliphatic rings. The molecule has 1 aromatic heterocycles. The number of rotatable bonds is 13. The van der Waals surface area contributed by atoms with Crippen molar-refractivity contribution in [3.05, 3.63) is 95.6 Å². The van der Waals surface area contributed by atoms with E-state index < -0.39 is 42.1 Å². The maximum Gasteiger partial charge on any atom is 0.482 e. The second-order valence-electron chi connectivity index (χ2n) is 16.7. The molecule has 12 heteroatoms. The maximum atomic E-state index is 14.3. The normalized spacial score (nSPS) is 24.4. The SMILES string of the molecule is CC(C)(C)NC(=O)C(C#N)Cc1cccc(CC[C@H](NC(=O)c2cnccn2)C(=O)N[C@@H](Cc2ccccc2)B2O[C@@H]3C[C@@H]4C[C@@H](C4(C)C)[C@]3(C)O2)c1. The van der Waals surface area contributed by atoms with Gasteiger partial charge >= 0.3 is 7.12 Å². The zero-order valence-corrected chi connectivity index (χ0v) is 31.6. The molecular formula is C41H51BN6O5. The van der Waals surface area contributed by atoms with Crippen LogP contribution in [-0.4, -0.2) is 64.0 Å². The number of benzene rings is 2. The number of hydrogen-bond donors (Lipinski definition) is 3. The van der Waals surface area contributed by atoms with Crippen molar-refractivity contribution in [1.29, 1.82) is 5.26 Å². The lowest BCUT2D eigenvalue weighted by molar-refractivity contribution is -0.199. The zero-order valence-electron chi connectivity index (χ0n) is 31.6. The van der Waals surface area contributed by atoms with E-state index in [1.54, 1.807) is 0 Å². The number of aryl methyl sites for hydroxylation is 1. The molecule has 278 valence electrons. The molecule has 2 heterocycles. The van der Waals surface area contributed by atoms with Gasteiger partial charge in [0.25, 0.3) is 5.91 Å². The van der Waals surface area contributed by atoms with Crippen LogP contribution in [-0.2, 0) is 38.2 Å². The molecule has 3 aromatic rings. The summed E-state index contributed by atoms with van der Waals surface area (Å²) in [5, 5.41) is 18.8. The topological polar surface area (TPSA) is 155 Å². The standard InChI is InChI=1S/C41H51BN6O5/c1-39(2,3)48-36(49)29(24-43)20-28-14-10-13-27(19-28)15-16-31(46-38(51)32-25-44-17-18-45-32)37(50)47-35(21-26-11-8-7-9-12-26)42-52-34-23-30-22-33(40(30,4)5)41(34,6)53-42/h7-14,17-19,25,29-31,33-35H,15-16,20-23H2,1-6H3,(H,46,51)(H,47,50)(H,48,49)/t29?,30-,31-,33-,34+,35-,41-/m0/s1. The number of nitriles is 1. The van der Waals surface area contributed by atoms with Gasteiger partial charge in [-0.1, -0.05) is 68.4 Å². The number of hydrogen-bond acceptors (Lipinski definition) is 8. The predicted molar refractivity (Wildman–Crippen MR) is 201 cm³/mol. The molecule has 53 heavy (non-hydrogen) atoms. The molecule has 3 saturated carbocycles. The molecule has 3 N–H and O–H groups in total. The highest BCUT2D eigenvalue weighted by atomic mass is 16.7. The number of aromatic nitrogens is 2. The first-order chi connectivity index (χ1) is 25.2. The molecule has 0 spiro atoms. The van der Waals surface area contributed by atoms with Crippen molar-refractivity contribution in [1.82, 2.24) is 25.9 Å². The van der Waals surface area contributed by atoms with Crippen LogP contribution in [0.4, 0.5) is 0 Å². The van der Waals surface area contributed by atoms with E-state index >= 15 is 0 Å². The first-order valence-corrected chi connectivity index (χ1v) is 18.7. The van der Waals surface area contributed by atoms with Crippen LogP contribution in [0.15, 0.2) is 73.2 Å². The third kappa shape index (κ3) is 8.63. The molecule has 1 saturated heterocycles. The summed E-state index contributed by atoms with van der Waals surface area (Å²) in [7, 11) is -0.666. The van der Waals surface area contributed by atoms with E-state index in [9.17, 15) is 19.6 Å². The number of carbonyl (C=O) groups is 3. The quantitative estimate of drug-likeness (QED) is 0.213. The Morgan fingerprint density at radius 2 is 1.70 bits per heavy atom. The zero-order chi connectivity index (χ0) is 38.0. The van der Waals surface area contributed by atoms with E-state index in [2.05, 4.69) is 52.8 Å². The summed E-state index contributed by atoms with van der Waals surface area (Å²) in [5.41, 5.74) is 2.13. The third-order valence-corrected chi connectivity index (χ3v) is 11.5. The lowest BCUT2D eigenvalue weighted by Crippen LogP contribution is -2.65. The molecule has 11 nitrogen and oxygen atoms in total. The Hall–Kier alpha value is -4.60. The minimum Gasteiger partial charge on any atom is -0.404 e. The predicted octanol–water partition coefficient (Wildman–Crippen LogP) is 4.80. The van der Waals surface area contributed by atoms with Gasteiger partial charge in [0.2, 0.25) is 11.8 Å². The van der Waals surface area contributed by atoms with Crippen LogP contribution in [0.2, 0.25) is 0 Å². The van der Waals surface area contributed by atoms with Gasteiger partial charge in [-0.3, -0.25) is 19.4 Å². The first kappa shape index (κ1) is 38.1. The lowest BCUT2D eigenvalue weighted by Gasteiger charge is -2.64. The van der Waals surface area contributed by atoms with Gasteiger partial charge in [-0.2, -0.15) is 5.26 Å². The van der Waals surface area contributed by atoms with E-state index in [0.29, 0.717) is 24.7 Å². The Kier molecular flexibility index (Phi) is 11.1. The molecule has 2 aromatic carbocycles. The van der Waals surface area contributed by atoms with Crippen molar-refractivity contribution < 1.29 is 23.7 Å². The van der Waals surface area contributed by atoms with Gasteiger partial charge in [0.05, 0.1) is 29.9 Å². The number of amides is 3. The van der Waals surface area contributed by atoms with Crippen molar-refractivity contribution in [3.63, 3.8) is 0 Å². The molecule has 3 aliphatic carbocycles. The van der Waals surface area contributed by atoms with E-state index in [1.807, 2.05) is 75.4 Å². The van der Waals surface area contributed by atoms with Crippen molar-refractivity contribution in [2.45, 2.75) is 109 Å². The molecule has 2 bridgehead atoms. The highest BCUT2D eigenvalue weighted by molar-refractivity contribution is 6.48. The molecule has 3 amide bonds. The average molecular weight is 719 g/mol. The maximum absolute atomic E-state index is 14.3. The van der Waals surface area contributed by atoms with Crippen molar-refractivity contribution >= 4 is 24.8 Å². The summed E-state index contributed by atoms with van der Waals surface area (Å²) < 4.78 is 13.5. The van der Waals surface area contributed by atoms with Gasteiger partial charge in [0, 0.05) is 17.9 Å². The Morgan fingerprint density at radius 3 is 2.38 bits per heavy atom. The molecule has 1 aliphatic heterocycles. The number of carbonyl (C=O) groups excluding carboxylic acids is 3.